The van der Waals surface area contributed by atoms with Crippen LogP contribution in [0, 0.1) is 11.2 Å². The average Bonchev–Trinajstić information content (AvgIpc) is 3.78. The lowest BCUT2D eigenvalue weighted by molar-refractivity contribution is 0.183. The Hall–Kier alpha value is -3.76. The third-order valence-electron chi connectivity index (χ3n) is 8.91. The molecule has 220 valence electrons. The lowest BCUT2D eigenvalue weighted by Gasteiger charge is -2.46. The molecule has 9 nitrogen and oxygen atoms in total. The van der Waals surface area contributed by atoms with Crippen LogP contribution >= 0.6 is 0 Å². The number of aryl methyl sites for hydroxylation is 1. The fourth-order valence-electron chi connectivity index (χ4n) is 6.72. The van der Waals surface area contributed by atoms with Crippen molar-refractivity contribution < 1.29 is 17.0 Å². The highest BCUT2D eigenvalue weighted by Gasteiger charge is 2.44. The number of rotatable bonds is 8. The molecule has 0 spiro atoms. The Labute approximate surface area is 246 Å². The molecule has 5 heterocycles. The maximum absolute atomic E-state index is 15.0. The largest absolute Gasteiger partial charge is 0.508 e. The van der Waals surface area contributed by atoms with Crippen molar-refractivity contribution in [3.8, 4) is 17.4 Å². The van der Waals surface area contributed by atoms with Gasteiger partial charge in [-0.15, -0.1) is 0 Å². The number of nitrogens with zero attached hydrogens (tertiary/aromatic N) is 5. The van der Waals surface area contributed by atoms with Gasteiger partial charge >= 0.3 is 6.01 Å². The lowest BCUT2D eigenvalue weighted by Crippen LogP contribution is -2.61. The first kappa shape index (κ1) is 24.8. The van der Waals surface area contributed by atoms with Crippen LogP contribution in [0.2, 0.25) is 0 Å². The van der Waals surface area contributed by atoms with Crippen molar-refractivity contribution >= 4 is 27.5 Å². The number of aromatic nitrogens is 3. The number of fused-ring (bicyclic) bond motifs is 5. The molecule has 1 saturated carbocycles. The van der Waals surface area contributed by atoms with Crippen LogP contribution in [-0.4, -0.2) is 76.9 Å². The van der Waals surface area contributed by atoms with Gasteiger partial charge in [-0.3, -0.25) is 9.36 Å². The SMILES string of the molecule is [2H]C([2H])(Oc1nc(N2CC3CCC2CN3)c2ccn(-c3cc(O)cc4ccc(F)c(CC)c34)c(=O)c2n1)C1(CN(C)C)CC1. The van der Waals surface area contributed by atoms with Crippen LogP contribution in [0.3, 0.4) is 0 Å². The number of piperazine rings is 1. The van der Waals surface area contributed by atoms with Crippen molar-refractivity contribution in [3.05, 3.63) is 58.3 Å². The summed E-state index contributed by atoms with van der Waals surface area (Å²) in [7, 11) is 3.81. The molecule has 2 aromatic carbocycles. The van der Waals surface area contributed by atoms with E-state index >= 15 is 0 Å². The Morgan fingerprint density at radius 1 is 1.24 bits per heavy atom. The molecular formula is C32H37FN6O3. The van der Waals surface area contributed by atoms with Gasteiger partial charge in [-0.1, -0.05) is 13.0 Å². The molecule has 0 amide bonds. The predicted molar refractivity (Wildman–Crippen MR) is 162 cm³/mol. The van der Waals surface area contributed by atoms with Gasteiger partial charge in [-0.05, 0) is 75.3 Å². The highest BCUT2D eigenvalue weighted by atomic mass is 19.1. The first-order chi connectivity index (χ1) is 21.0. The highest BCUT2D eigenvalue weighted by molar-refractivity contribution is 5.95. The van der Waals surface area contributed by atoms with Crippen LogP contribution in [-0.2, 0) is 6.42 Å². The van der Waals surface area contributed by atoms with E-state index in [1.165, 1.54) is 16.7 Å². The Morgan fingerprint density at radius 3 is 2.74 bits per heavy atom. The second-order valence-corrected chi connectivity index (χ2v) is 12.2. The number of hydrogen-bond acceptors (Lipinski definition) is 8. The van der Waals surface area contributed by atoms with Crippen LogP contribution in [0.25, 0.3) is 27.4 Å². The van der Waals surface area contributed by atoms with Crippen molar-refractivity contribution in [1.29, 1.82) is 0 Å². The molecule has 3 saturated heterocycles. The Morgan fingerprint density at radius 2 is 2.07 bits per heavy atom. The molecule has 1 aliphatic carbocycles. The fraction of sp³-hybridized carbons (Fsp3) is 0.469. The molecule has 0 radical (unpaired) electrons. The van der Waals surface area contributed by atoms with E-state index in [9.17, 15) is 14.3 Å². The smallest absolute Gasteiger partial charge is 0.319 e. The monoisotopic (exact) mass is 574 g/mol. The molecule has 10 heteroatoms. The summed E-state index contributed by atoms with van der Waals surface area (Å²) in [6.07, 6.45) is 5.39. The fourth-order valence-corrected chi connectivity index (χ4v) is 6.72. The molecule has 4 aromatic rings. The van der Waals surface area contributed by atoms with Gasteiger partial charge in [0.15, 0.2) is 0 Å². The normalized spacial score (nSPS) is 22.1. The third-order valence-corrected chi connectivity index (χ3v) is 8.91. The Kier molecular flexibility index (Phi) is 6.02. The molecule has 2 N–H and O–H groups in total. The van der Waals surface area contributed by atoms with E-state index in [-0.39, 0.29) is 35.2 Å². The Bertz CT molecular complexity index is 1840. The molecule has 8 rings (SSSR count). The Balaban J connectivity index is 1.43. The molecule has 3 aliphatic heterocycles. The number of aromatic hydroxyl groups is 1. The maximum atomic E-state index is 15.0. The number of hydrogen-bond donors (Lipinski definition) is 2. The molecule has 2 atom stereocenters. The van der Waals surface area contributed by atoms with Crippen LogP contribution in [0.1, 0.15) is 40.9 Å². The molecule has 2 unspecified atom stereocenters. The maximum Gasteiger partial charge on any atom is 0.319 e. The summed E-state index contributed by atoms with van der Waals surface area (Å²) >= 11 is 0. The average molecular weight is 575 g/mol. The first-order valence-corrected chi connectivity index (χ1v) is 14.7. The summed E-state index contributed by atoms with van der Waals surface area (Å²) in [5.41, 5.74) is -0.338. The molecule has 42 heavy (non-hydrogen) atoms. The number of benzene rings is 2. The van der Waals surface area contributed by atoms with Crippen LogP contribution in [0.4, 0.5) is 10.2 Å². The van der Waals surface area contributed by atoms with E-state index in [4.69, 9.17) is 12.5 Å². The van der Waals surface area contributed by atoms with E-state index in [1.807, 2.05) is 25.9 Å². The highest BCUT2D eigenvalue weighted by Crippen LogP contribution is 2.46. The number of pyridine rings is 1. The number of anilines is 1. The van der Waals surface area contributed by atoms with Crippen molar-refractivity contribution in [3.63, 3.8) is 0 Å². The molecule has 4 aliphatic rings. The minimum absolute atomic E-state index is 0.0544. The van der Waals surface area contributed by atoms with E-state index < -0.39 is 17.5 Å². The molecule has 2 aromatic heterocycles. The summed E-state index contributed by atoms with van der Waals surface area (Å²) < 4.78 is 40.1. The van der Waals surface area contributed by atoms with E-state index in [1.54, 1.807) is 24.4 Å². The topological polar surface area (TPSA) is 95.8 Å². The molecule has 4 fully saturated rings. The summed E-state index contributed by atoms with van der Waals surface area (Å²) in [4.78, 5) is 27.8. The van der Waals surface area contributed by atoms with Gasteiger partial charge in [0.05, 0.1) is 20.4 Å². The zero-order valence-corrected chi connectivity index (χ0v) is 24.2. The second kappa shape index (κ2) is 10.2. The number of ether oxygens (including phenoxy) is 1. The van der Waals surface area contributed by atoms with Gasteiger partial charge in [-0.2, -0.15) is 9.97 Å². The third kappa shape index (κ3) is 4.66. The number of piperidine rings is 2. The summed E-state index contributed by atoms with van der Waals surface area (Å²) in [6, 6.07) is 8.01. The quantitative estimate of drug-likeness (QED) is 0.326. The molecular weight excluding hydrogens is 535 g/mol. The van der Waals surface area contributed by atoms with Gasteiger partial charge in [0.25, 0.3) is 5.56 Å². The van der Waals surface area contributed by atoms with Crippen LogP contribution < -0.4 is 20.5 Å². The summed E-state index contributed by atoms with van der Waals surface area (Å²) in [5.74, 6) is 0.102. The van der Waals surface area contributed by atoms with Gasteiger partial charge in [0.1, 0.15) is 22.9 Å². The minimum atomic E-state index is -2.06. The van der Waals surface area contributed by atoms with Crippen molar-refractivity contribution in [2.24, 2.45) is 5.41 Å². The van der Waals surface area contributed by atoms with E-state index in [0.29, 0.717) is 65.6 Å². The zero-order valence-electron chi connectivity index (χ0n) is 26.2. The van der Waals surface area contributed by atoms with E-state index in [2.05, 4.69) is 15.2 Å². The second-order valence-electron chi connectivity index (χ2n) is 12.2. The minimum Gasteiger partial charge on any atom is -0.508 e. The van der Waals surface area contributed by atoms with Crippen molar-refractivity contribution in [2.45, 2.75) is 51.1 Å². The van der Waals surface area contributed by atoms with Gasteiger partial charge < -0.3 is 25.0 Å². The van der Waals surface area contributed by atoms with Crippen molar-refractivity contribution in [2.75, 3.05) is 45.2 Å². The van der Waals surface area contributed by atoms with Crippen molar-refractivity contribution in [1.82, 2.24) is 24.8 Å². The zero-order chi connectivity index (χ0) is 31.0. The summed E-state index contributed by atoms with van der Waals surface area (Å²) in [5, 5.41) is 15.8. The first-order valence-electron chi connectivity index (χ1n) is 15.7. The lowest BCUT2D eigenvalue weighted by atomic mass is 9.93. The predicted octanol–water partition coefficient (Wildman–Crippen LogP) is 4.00. The summed E-state index contributed by atoms with van der Waals surface area (Å²) in [6.45, 7) is 1.78. The number of halogens is 1. The van der Waals surface area contributed by atoms with Gasteiger partial charge in [0.2, 0.25) is 0 Å². The number of nitrogens with one attached hydrogen (secondary N) is 1. The number of phenolic OH excluding ortho intramolecular Hbond substituents is 1. The number of phenols is 1. The van der Waals surface area contributed by atoms with Crippen LogP contribution in [0.15, 0.2) is 41.3 Å². The molecule has 2 bridgehead atoms. The van der Waals surface area contributed by atoms with E-state index in [0.717, 1.165) is 19.4 Å². The van der Waals surface area contributed by atoms with Gasteiger partial charge in [0, 0.05) is 54.8 Å². The standard InChI is InChI=1S/C32H37FN6O3/c1-4-23-25(33)8-5-19-13-22(40)14-26(27(19)23)38-12-9-24-28(30(38)41)35-31(42-18-32(10-11-32)17-37(2)3)36-29(24)39-16-20-6-7-21(39)15-34-20/h5,8-9,12-14,20-21,34,40H,4,6-7,10-11,15-18H2,1-3H3/i18D2. The van der Waals surface area contributed by atoms with Crippen LogP contribution in [0.5, 0.6) is 11.8 Å². The van der Waals surface area contributed by atoms with Gasteiger partial charge in [-0.25, -0.2) is 4.39 Å².